The molecule has 158 valence electrons. The van der Waals surface area contributed by atoms with Gasteiger partial charge in [0.15, 0.2) is 0 Å². The lowest BCUT2D eigenvalue weighted by Gasteiger charge is -2.12. The highest BCUT2D eigenvalue weighted by Crippen LogP contribution is 2.28. The average molecular weight is 480 g/mol. The number of nitrogens with one attached hydrogen (secondary N) is 1. The summed E-state index contributed by atoms with van der Waals surface area (Å²) in [6.07, 6.45) is 0. The zero-order valence-corrected chi connectivity index (χ0v) is 18.2. The highest BCUT2D eigenvalue weighted by Gasteiger charge is 2.20. The van der Waals surface area contributed by atoms with Gasteiger partial charge in [0.2, 0.25) is 0 Å². The van der Waals surface area contributed by atoms with Crippen molar-refractivity contribution in [2.45, 2.75) is 27.0 Å². The van der Waals surface area contributed by atoms with Crippen molar-refractivity contribution >= 4 is 27.5 Å². The van der Waals surface area contributed by atoms with Crippen LogP contribution in [0, 0.1) is 13.8 Å². The van der Waals surface area contributed by atoms with E-state index in [0.717, 1.165) is 17.0 Å². The quantitative estimate of drug-likeness (QED) is 0.507. The Labute approximate surface area is 180 Å². The SMILES string of the molecule is COc1cccc(Cn2nc(C)c(NC(=O)c3cc(Br)ccc3OC(F)F)c2C)c1. The largest absolute Gasteiger partial charge is 0.497 e. The molecule has 0 fully saturated rings. The van der Waals surface area contributed by atoms with E-state index in [9.17, 15) is 13.6 Å². The van der Waals surface area contributed by atoms with Gasteiger partial charge in [-0.2, -0.15) is 13.9 Å². The third-order valence-corrected chi connectivity index (χ3v) is 4.98. The average Bonchev–Trinajstić information content (AvgIpc) is 2.96. The predicted molar refractivity (Wildman–Crippen MR) is 113 cm³/mol. The molecule has 0 atom stereocenters. The fraction of sp³-hybridized carbons (Fsp3) is 0.238. The molecule has 3 aromatic rings. The van der Waals surface area contributed by atoms with Gasteiger partial charge in [0.25, 0.3) is 5.91 Å². The van der Waals surface area contributed by atoms with Gasteiger partial charge in [-0.1, -0.05) is 28.1 Å². The molecule has 1 N–H and O–H groups in total. The Morgan fingerprint density at radius 2 is 2.00 bits per heavy atom. The standard InChI is InChI=1S/C21H20BrF2N3O3/c1-12-19(13(2)27(26-12)11-14-5-4-6-16(9-14)29-3)25-20(28)17-10-15(22)7-8-18(17)30-21(23)24/h4-10,21H,11H2,1-3H3,(H,25,28). The highest BCUT2D eigenvalue weighted by atomic mass is 79.9. The molecule has 0 radical (unpaired) electrons. The van der Waals surface area contributed by atoms with Crippen molar-refractivity contribution in [2.75, 3.05) is 12.4 Å². The van der Waals surface area contributed by atoms with Gasteiger partial charge < -0.3 is 14.8 Å². The van der Waals surface area contributed by atoms with Crippen LogP contribution in [0.1, 0.15) is 27.3 Å². The summed E-state index contributed by atoms with van der Waals surface area (Å²) < 4.78 is 37.4. The Kier molecular flexibility index (Phi) is 6.71. The van der Waals surface area contributed by atoms with Crippen molar-refractivity contribution in [2.24, 2.45) is 0 Å². The molecule has 6 nitrogen and oxygen atoms in total. The van der Waals surface area contributed by atoms with Crippen molar-refractivity contribution in [3.63, 3.8) is 0 Å². The molecule has 0 saturated carbocycles. The molecule has 0 bridgehead atoms. The molecule has 0 spiro atoms. The summed E-state index contributed by atoms with van der Waals surface area (Å²) in [6.45, 7) is 1.04. The van der Waals surface area contributed by atoms with Gasteiger partial charge in [-0.15, -0.1) is 0 Å². The van der Waals surface area contributed by atoms with Crippen molar-refractivity contribution in [3.8, 4) is 11.5 Å². The smallest absolute Gasteiger partial charge is 0.387 e. The molecule has 30 heavy (non-hydrogen) atoms. The fourth-order valence-electron chi connectivity index (χ4n) is 3.03. The molecule has 0 unspecified atom stereocenters. The first-order chi connectivity index (χ1) is 14.3. The molecule has 1 aromatic heterocycles. The number of halogens is 3. The van der Waals surface area contributed by atoms with Gasteiger partial charge in [-0.3, -0.25) is 9.48 Å². The second-order valence-electron chi connectivity index (χ2n) is 6.53. The number of hydrogen-bond acceptors (Lipinski definition) is 4. The van der Waals surface area contributed by atoms with Crippen LogP contribution in [0.5, 0.6) is 11.5 Å². The summed E-state index contributed by atoms with van der Waals surface area (Å²) in [5, 5.41) is 7.27. The number of amides is 1. The summed E-state index contributed by atoms with van der Waals surface area (Å²) in [5.41, 5.74) is 2.83. The summed E-state index contributed by atoms with van der Waals surface area (Å²) >= 11 is 3.25. The van der Waals surface area contributed by atoms with Crippen LogP contribution in [-0.2, 0) is 6.54 Å². The van der Waals surface area contributed by atoms with Crippen LogP contribution in [0.2, 0.25) is 0 Å². The second-order valence-corrected chi connectivity index (χ2v) is 7.44. The maximum atomic E-state index is 12.8. The molecular weight excluding hydrogens is 460 g/mol. The first kappa shape index (κ1) is 21.8. The first-order valence-corrected chi connectivity index (χ1v) is 9.80. The minimum atomic E-state index is -3.04. The van der Waals surface area contributed by atoms with Gasteiger partial charge in [0.1, 0.15) is 11.5 Å². The van der Waals surface area contributed by atoms with Crippen LogP contribution < -0.4 is 14.8 Å². The number of nitrogens with zero attached hydrogens (tertiary/aromatic N) is 2. The number of methoxy groups -OCH3 is 1. The maximum absolute atomic E-state index is 12.8. The molecular formula is C21H20BrF2N3O3. The van der Waals surface area contributed by atoms with E-state index < -0.39 is 12.5 Å². The number of rotatable bonds is 7. The minimum absolute atomic E-state index is 0.0102. The van der Waals surface area contributed by atoms with E-state index in [1.54, 1.807) is 18.7 Å². The van der Waals surface area contributed by atoms with Crippen molar-refractivity contribution in [1.82, 2.24) is 9.78 Å². The van der Waals surface area contributed by atoms with Crippen molar-refractivity contribution < 1.29 is 23.0 Å². The molecule has 0 aliphatic rings. The molecule has 1 amide bonds. The van der Waals surface area contributed by atoms with Gasteiger partial charge in [0, 0.05) is 4.47 Å². The monoisotopic (exact) mass is 479 g/mol. The number of alkyl halides is 2. The summed E-state index contributed by atoms with van der Waals surface area (Å²) in [4.78, 5) is 12.8. The first-order valence-electron chi connectivity index (χ1n) is 9.01. The third-order valence-electron chi connectivity index (χ3n) is 4.49. The van der Waals surface area contributed by atoms with E-state index >= 15 is 0 Å². The van der Waals surface area contributed by atoms with Crippen LogP contribution in [0.15, 0.2) is 46.9 Å². The van der Waals surface area contributed by atoms with Crippen LogP contribution >= 0.6 is 15.9 Å². The molecule has 0 saturated heterocycles. The summed E-state index contributed by atoms with van der Waals surface area (Å²) in [6, 6.07) is 11.9. The van der Waals surface area contributed by atoms with Crippen LogP contribution in [-0.4, -0.2) is 29.4 Å². The van der Waals surface area contributed by atoms with E-state index in [1.165, 1.54) is 18.2 Å². The number of aryl methyl sites for hydroxylation is 1. The van der Waals surface area contributed by atoms with Crippen molar-refractivity contribution in [3.05, 3.63) is 69.5 Å². The number of anilines is 1. The molecule has 3 rings (SSSR count). The Hall–Kier alpha value is -2.94. The topological polar surface area (TPSA) is 65.4 Å². The zero-order valence-electron chi connectivity index (χ0n) is 16.6. The summed E-state index contributed by atoms with van der Waals surface area (Å²) in [7, 11) is 1.60. The number of carbonyl (C=O) groups is 1. The van der Waals surface area contributed by atoms with E-state index in [-0.39, 0.29) is 11.3 Å². The Balaban J connectivity index is 1.86. The zero-order chi connectivity index (χ0) is 21.8. The summed E-state index contributed by atoms with van der Waals surface area (Å²) in [5.74, 6) is -0.0346. The number of ether oxygens (including phenoxy) is 2. The highest BCUT2D eigenvalue weighted by molar-refractivity contribution is 9.10. The molecule has 9 heteroatoms. The number of hydrogen-bond donors (Lipinski definition) is 1. The van der Waals surface area contributed by atoms with Crippen LogP contribution in [0.3, 0.4) is 0 Å². The van der Waals surface area contributed by atoms with E-state index in [1.807, 2.05) is 31.2 Å². The van der Waals surface area contributed by atoms with Crippen LogP contribution in [0.4, 0.5) is 14.5 Å². The lowest BCUT2D eigenvalue weighted by Crippen LogP contribution is -2.16. The fourth-order valence-corrected chi connectivity index (χ4v) is 3.40. The van der Waals surface area contributed by atoms with Gasteiger partial charge in [0.05, 0.1) is 36.3 Å². The lowest BCUT2D eigenvalue weighted by atomic mass is 10.1. The van der Waals surface area contributed by atoms with Crippen molar-refractivity contribution in [1.29, 1.82) is 0 Å². The van der Waals surface area contributed by atoms with Crippen LogP contribution in [0.25, 0.3) is 0 Å². The Morgan fingerprint density at radius 3 is 2.70 bits per heavy atom. The van der Waals surface area contributed by atoms with Gasteiger partial charge >= 0.3 is 6.61 Å². The molecule has 2 aromatic carbocycles. The Morgan fingerprint density at radius 1 is 1.23 bits per heavy atom. The third kappa shape index (κ3) is 4.96. The number of carbonyl (C=O) groups excluding carboxylic acids is 1. The lowest BCUT2D eigenvalue weighted by molar-refractivity contribution is -0.0501. The molecule has 0 aliphatic heterocycles. The molecule has 1 heterocycles. The van der Waals surface area contributed by atoms with E-state index in [4.69, 9.17) is 4.74 Å². The van der Waals surface area contributed by atoms with Gasteiger partial charge in [-0.25, -0.2) is 0 Å². The normalized spacial score (nSPS) is 10.9. The number of benzene rings is 2. The second kappa shape index (κ2) is 9.25. The minimum Gasteiger partial charge on any atom is -0.497 e. The number of aromatic nitrogens is 2. The van der Waals surface area contributed by atoms with E-state index in [0.29, 0.717) is 22.4 Å². The maximum Gasteiger partial charge on any atom is 0.387 e. The van der Waals surface area contributed by atoms with Gasteiger partial charge in [-0.05, 0) is 49.7 Å². The Bertz CT molecular complexity index is 1070. The molecule has 0 aliphatic carbocycles. The predicted octanol–water partition coefficient (Wildman–Crippen LogP) is 5.17. The van der Waals surface area contributed by atoms with E-state index in [2.05, 4.69) is 31.1 Å².